The van der Waals surface area contributed by atoms with Crippen molar-refractivity contribution in [3.8, 4) is 0 Å². The first-order chi connectivity index (χ1) is 10.6. The van der Waals surface area contributed by atoms with E-state index in [4.69, 9.17) is 0 Å². The highest BCUT2D eigenvalue weighted by molar-refractivity contribution is 7.08. The Morgan fingerprint density at radius 2 is 1.95 bits per heavy atom. The second-order valence-corrected chi connectivity index (χ2v) is 6.59. The van der Waals surface area contributed by atoms with Crippen LogP contribution in [0, 0.1) is 11.6 Å². The van der Waals surface area contributed by atoms with Crippen LogP contribution in [0.2, 0.25) is 0 Å². The standard InChI is InChI=1S/C17H17F2NOS/c18-14-4-3-12(9-15(14)19)16(21)20-11-17(6-1-2-7-17)13-5-8-22-10-13/h3-5,8-10H,1-2,6-7,11H2,(H,20,21). The van der Waals surface area contributed by atoms with Gasteiger partial charge >= 0.3 is 0 Å². The smallest absolute Gasteiger partial charge is 0.251 e. The van der Waals surface area contributed by atoms with E-state index in [2.05, 4.69) is 16.8 Å². The number of carbonyl (C=O) groups excluding carboxylic acids is 1. The predicted octanol–water partition coefficient (Wildman–Crippen LogP) is 4.27. The molecule has 1 fully saturated rings. The summed E-state index contributed by atoms with van der Waals surface area (Å²) in [5.41, 5.74) is 1.40. The van der Waals surface area contributed by atoms with E-state index in [9.17, 15) is 13.6 Å². The quantitative estimate of drug-likeness (QED) is 0.895. The van der Waals surface area contributed by atoms with Crippen LogP contribution in [-0.4, -0.2) is 12.5 Å². The molecule has 0 aliphatic heterocycles. The molecule has 0 spiro atoms. The Balaban J connectivity index is 1.72. The third-order valence-electron chi connectivity index (χ3n) is 4.46. The Kier molecular flexibility index (Phi) is 4.25. The number of thiophene rings is 1. The highest BCUT2D eigenvalue weighted by atomic mass is 32.1. The van der Waals surface area contributed by atoms with Crippen LogP contribution in [0.5, 0.6) is 0 Å². The van der Waals surface area contributed by atoms with Gasteiger partial charge in [-0.2, -0.15) is 11.3 Å². The Morgan fingerprint density at radius 1 is 1.18 bits per heavy atom. The fourth-order valence-corrected chi connectivity index (χ4v) is 3.95. The molecule has 3 rings (SSSR count). The second kappa shape index (κ2) is 6.16. The third kappa shape index (κ3) is 2.90. The van der Waals surface area contributed by atoms with Gasteiger partial charge in [0.15, 0.2) is 11.6 Å². The van der Waals surface area contributed by atoms with Gasteiger partial charge in [-0.25, -0.2) is 8.78 Å². The van der Waals surface area contributed by atoms with Crippen LogP contribution in [0.3, 0.4) is 0 Å². The fraction of sp³-hybridized carbons (Fsp3) is 0.353. The highest BCUT2D eigenvalue weighted by Gasteiger charge is 2.36. The van der Waals surface area contributed by atoms with Gasteiger partial charge in [0.25, 0.3) is 5.91 Å². The molecule has 1 N–H and O–H groups in total. The van der Waals surface area contributed by atoms with Gasteiger partial charge in [-0.3, -0.25) is 4.79 Å². The number of hydrogen-bond donors (Lipinski definition) is 1. The van der Waals surface area contributed by atoms with E-state index in [1.807, 2.05) is 5.38 Å². The minimum absolute atomic E-state index is 0.0196. The molecule has 22 heavy (non-hydrogen) atoms. The molecule has 1 aromatic carbocycles. The van der Waals surface area contributed by atoms with Crippen LogP contribution in [-0.2, 0) is 5.41 Å². The van der Waals surface area contributed by atoms with Gasteiger partial charge in [-0.15, -0.1) is 0 Å². The molecule has 0 bridgehead atoms. The maximum absolute atomic E-state index is 13.2. The van der Waals surface area contributed by atoms with E-state index in [0.29, 0.717) is 6.54 Å². The van der Waals surface area contributed by atoms with Crippen LogP contribution in [0.15, 0.2) is 35.0 Å². The first kappa shape index (κ1) is 15.2. The average molecular weight is 321 g/mol. The van der Waals surface area contributed by atoms with Crippen LogP contribution in [0.25, 0.3) is 0 Å². The maximum atomic E-state index is 13.2. The molecule has 0 saturated heterocycles. The molecule has 2 aromatic rings. The van der Waals surface area contributed by atoms with Crippen molar-refractivity contribution < 1.29 is 13.6 Å². The molecule has 116 valence electrons. The zero-order valence-electron chi connectivity index (χ0n) is 12.1. The predicted molar refractivity (Wildman–Crippen MR) is 83.2 cm³/mol. The first-order valence-electron chi connectivity index (χ1n) is 7.37. The number of hydrogen-bond acceptors (Lipinski definition) is 2. The summed E-state index contributed by atoms with van der Waals surface area (Å²) in [5.74, 6) is -2.30. The van der Waals surface area contributed by atoms with Crippen molar-refractivity contribution in [2.45, 2.75) is 31.1 Å². The number of nitrogens with one attached hydrogen (secondary N) is 1. The van der Waals surface area contributed by atoms with Crippen LogP contribution in [0.4, 0.5) is 8.78 Å². The fourth-order valence-electron chi connectivity index (χ4n) is 3.17. The van der Waals surface area contributed by atoms with Gasteiger partial charge in [-0.05, 0) is 53.4 Å². The Hall–Kier alpha value is -1.75. The van der Waals surface area contributed by atoms with Gasteiger partial charge < -0.3 is 5.32 Å². The highest BCUT2D eigenvalue weighted by Crippen LogP contribution is 2.41. The van der Waals surface area contributed by atoms with Crippen molar-refractivity contribution in [1.29, 1.82) is 0 Å². The van der Waals surface area contributed by atoms with Crippen molar-refractivity contribution in [1.82, 2.24) is 5.32 Å². The molecule has 1 aliphatic carbocycles. The number of amides is 1. The van der Waals surface area contributed by atoms with Crippen molar-refractivity contribution in [2.75, 3.05) is 6.54 Å². The summed E-state index contributed by atoms with van der Waals surface area (Å²) >= 11 is 1.66. The normalized spacial score (nSPS) is 16.6. The Morgan fingerprint density at radius 3 is 2.59 bits per heavy atom. The van der Waals surface area contributed by atoms with E-state index in [1.54, 1.807) is 11.3 Å². The van der Waals surface area contributed by atoms with Crippen LogP contribution < -0.4 is 5.32 Å². The summed E-state index contributed by atoms with van der Waals surface area (Å²) in [6.07, 6.45) is 4.39. The maximum Gasteiger partial charge on any atom is 0.251 e. The van der Waals surface area contributed by atoms with E-state index >= 15 is 0 Å². The topological polar surface area (TPSA) is 29.1 Å². The molecule has 1 amide bonds. The number of rotatable bonds is 4. The van der Waals surface area contributed by atoms with E-state index in [0.717, 1.165) is 37.8 Å². The molecule has 5 heteroatoms. The van der Waals surface area contributed by atoms with Gasteiger partial charge in [-0.1, -0.05) is 12.8 Å². The lowest BCUT2D eigenvalue weighted by Gasteiger charge is -2.28. The lowest BCUT2D eigenvalue weighted by atomic mass is 9.80. The minimum atomic E-state index is -0.999. The van der Waals surface area contributed by atoms with Crippen molar-refractivity contribution in [3.05, 3.63) is 57.8 Å². The summed E-state index contributed by atoms with van der Waals surface area (Å²) in [7, 11) is 0. The number of benzene rings is 1. The van der Waals surface area contributed by atoms with Gasteiger partial charge in [0.05, 0.1) is 0 Å². The zero-order valence-corrected chi connectivity index (χ0v) is 12.9. The molecule has 0 radical (unpaired) electrons. The number of carbonyl (C=O) groups is 1. The van der Waals surface area contributed by atoms with Crippen molar-refractivity contribution >= 4 is 17.2 Å². The van der Waals surface area contributed by atoms with Gasteiger partial charge in [0.2, 0.25) is 0 Å². The first-order valence-corrected chi connectivity index (χ1v) is 8.31. The molecule has 1 aliphatic rings. The van der Waals surface area contributed by atoms with Crippen molar-refractivity contribution in [2.24, 2.45) is 0 Å². The third-order valence-corrected chi connectivity index (χ3v) is 5.15. The summed E-state index contributed by atoms with van der Waals surface area (Å²) < 4.78 is 26.2. The van der Waals surface area contributed by atoms with Gasteiger partial charge in [0.1, 0.15) is 0 Å². The monoisotopic (exact) mass is 321 g/mol. The Bertz CT molecular complexity index is 663. The molecule has 1 aromatic heterocycles. The summed E-state index contributed by atoms with van der Waals surface area (Å²) in [4.78, 5) is 12.2. The molecule has 0 unspecified atom stereocenters. The van der Waals surface area contributed by atoms with Crippen LogP contribution >= 0.6 is 11.3 Å². The molecular formula is C17H17F2NOS. The zero-order chi connectivity index (χ0) is 15.6. The SMILES string of the molecule is O=C(NCC1(c2ccsc2)CCCC1)c1ccc(F)c(F)c1. The molecule has 2 nitrogen and oxygen atoms in total. The second-order valence-electron chi connectivity index (χ2n) is 5.81. The average Bonchev–Trinajstić information content (AvgIpc) is 3.19. The van der Waals surface area contributed by atoms with Crippen molar-refractivity contribution in [3.63, 3.8) is 0 Å². The largest absolute Gasteiger partial charge is 0.351 e. The van der Waals surface area contributed by atoms with Crippen LogP contribution in [0.1, 0.15) is 41.6 Å². The van der Waals surface area contributed by atoms with E-state index in [1.165, 1.54) is 11.6 Å². The van der Waals surface area contributed by atoms with Gasteiger partial charge in [0, 0.05) is 17.5 Å². The summed E-state index contributed by atoms with van der Waals surface area (Å²) in [6, 6.07) is 5.34. The molecular weight excluding hydrogens is 304 g/mol. The number of halogens is 2. The molecule has 1 saturated carbocycles. The lowest BCUT2D eigenvalue weighted by Crippen LogP contribution is -2.38. The van der Waals surface area contributed by atoms with E-state index in [-0.39, 0.29) is 16.9 Å². The molecule has 1 heterocycles. The van der Waals surface area contributed by atoms with E-state index < -0.39 is 11.6 Å². The summed E-state index contributed by atoms with van der Waals surface area (Å²) in [5, 5.41) is 7.08. The summed E-state index contributed by atoms with van der Waals surface area (Å²) in [6.45, 7) is 0.529. The molecule has 0 atom stereocenters. The lowest BCUT2D eigenvalue weighted by molar-refractivity contribution is 0.0942. The minimum Gasteiger partial charge on any atom is -0.351 e. The Labute approximate surface area is 132 Å².